The SMILES string of the molecule is O=S(=O)(Cl)c1cnc(-c2ccccc2)cc1Cl. The number of benzene rings is 1. The maximum absolute atomic E-state index is 11.1. The molecule has 0 saturated heterocycles. The molecule has 0 aliphatic heterocycles. The van der Waals surface area contributed by atoms with Crippen LogP contribution in [0.25, 0.3) is 11.3 Å². The van der Waals surface area contributed by atoms with Gasteiger partial charge in [-0.2, -0.15) is 0 Å². The Morgan fingerprint density at radius 1 is 1.12 bits per heavy atom. The summed E-state index contributed by atoms with van der Waals surface area (Å²) in [6, 6.07) is 10.8. The molecule has 0 aliphatic carbocycles. The van der Waals surface area contributed by atoms with E-state index in [1.165, 1.54) is 6.07 Å². The Hall–Kier alpha value is -1.10. The minimum absolute atomic E-state index is 0.0638. The molecule has 88 valence electrons. The zero-order chi connectivity index (χ0) is 12.5. The predicted molar refractivity (Wildman–Crippen MR) is 67.7 cm³/mol. The summed E-state index contributed by atoms with van der Waals surface area (Å²) in [6.45, 7) is 0. The molecule has 1 aromatic carbocycles. The van der Waals surface area contributed by atoms with E-state index in [1.54, 1.807) is 0 Å². The molecule has 3 nitrogen and oxygen atoms in total. The highest BCUT2D eigenvalue weighted by molar-refractivity contribution is 8.13. The molecule has 0 saturated carbocycles. The van der Waals surface area contributed by atoms with E-state index in [0.717, 1.165) is 11.8 Å². The largest absolute Gasteiger partial charge is 0.264 e. The summed E-state index contributed by atoms with van der Waals surface area (Å²) in [5.74, 6) is 0. The summed E-state index contributed by atoms with van der Waals surface area (Å²) in [4.78, 5) is 3.85. The van der Waals surface area contributed by atoms with Crippen LogP contribution in [0.2, 0.25) is 5.02 Å². The van der Waals surface area contributed by atoms with Crippen LogP contribution in [0, 0.1) is 0 Å². The minimum atomic E-state index is -3.85. The molecule has 2 rings (SSSR count). The molecule has 17 heavy (non-hydrogen) atoms. The Bertz CT molecular complexity index is 642. The highest BCUT2D eigenvalue weighted by Gasteiger charge is 2.16. The molecule has 0 amide bonds. The van der Waals surface area contributed by atoms with E-state index in [1.807, 2.05) is 30.3 Å². The van der Waals surface area contributed by atoms with Gasteiger partial charge in [0.15, 0.2) is 0 Å². The molecular weight excluding hydrogens is 281 g/mol. The molecule has 1 aromatic heterocycles. The van der Waals surface area contributed by atoms with Crippen molar-refractivity contribution in [2.45, 2.75) is 4.90 Å². The monoisotopic (exact) mass is 287 g/mol. The van der Waals surface area contributed by atoms with Crippen molar-refractivity contribution in [2.24, 2.45) is 0 Å². The molecule has 0 bridgehead atoms. The summed E-state index contributed by atoms with van der Waals surface area (Å²) in [5.41, 5.74) is 1.45. The third-order valence-corrected chi connectivity index (χ3v) is 3.93. The van der Waals surface area contributed by atoms with Crippen molar-refractivity contribution >= 4 is 31.3 Å². The fourth-order valence-electron chi connectivity index (χ4n) is 1.36. The van der Waals surface area contributed by atoms with Gasteiger partial charge in [-0.05, 0) is 6.07 Å². The molecule has 0 fully saturated rings. The Kier molecular flexibility index (Phi) is 3.38. The number of nitrogens with zero attached hydrogens (tertiary/aromatic N) is 1. The zero-order valence-corrected chi connectivity index (χ0v) is 10.8. The van der Waals surface area contributed by atoms with E-state index >= 15 is 0 Å². The van der Waals surface area contributed by atoms with Gasteiger partial charge in [0, 0.05) is 22.4 Å². The molecule has 0 spiro atoms. The maximum Gasteiger partial charge on any atom is 0.264 e. The standard InChI is InChI=1S/C11H7Cl2NO2S/c12-9-6-10(8-4-2-1-3-5-8)14-7-11(9)17(13,15)16/h1-7H. The highest BCUT2D eigenvalue weighted by Crippen LogP contribution is 2.27. The first kappa shape index (κ1) is 12.4. The average Bonchev–Trinajstić information content (AvgIpc) is 2.28. The molecule has 6 heteroatoms. The topological polar surface area (TPSA) is 47.0 Å². The molecule has 1 heterocycles. The number of hydrogen-bond acceptors (Lipinski definition) is 3. The second-order valence-corrected chi connectivity index (χ2v) is 6.25. The Morgan fingerprint density at radius 3 is 2.29 bits per heavy atom. The van der Waals surface area contributed by atoms with Crippen LogP contribution < -0.4 is 0 Å². The van der Waals surface area contributed by atoms with E-state index in [0.29, 0.717) is 5.69 Å². The molecular formula is C11H7Cl2NO2S. The van der Waals surface area contributed by atoms with Crippen LogP contribution in [0.1, 0.15) is 0 Å². The lowest BCUT2D eigenvalue weighted by atomic mass is 10.1. The summed E-state index contributed by atoms with van der Waals surface area (Å²) < 4.78 is 22.3. The van der Waals surface area contributed by atoms with Crippen molar-refractivity contribution in [3.05, 3.63) is 47.6 Å². The fourth-order valence-corrected chi connectivity index (χ4v) is 2.78. The zero-order valence-electron chi connectivity index (χ0n) is 8.47. The van der Waals surface area contributed by atoms with Crippen LogP contribution in [0.5, 0.6) is 0 Å². The molecule has 0 N–H and O–H groups in total. The van der Waals surface area contributed by atoms with Crippen molar-refractivity contribution in [1.82, 2.24) is 4.98 Å². The van der Waals surface area contributed by atoms with Crippen LogP contribution in [-0.4, -0.2) is 13.4 Å². The molecule has 0 radical (unpaired) electrons. The number of halogens is 2. The molecule has 0 aliphatic rings. The minimum Gasteiger partial charge on any atom is -0.255 e. The van der Waals surface area contributed by atoms with Crippen LogP contribution in [0.15, 0.2) is 47.5 Å². The van der Waals surface area contributed by atoms with E-state index in [-0.39, 0.29) is 9.92 Å². The third kappa shape index (κ3) is 2.77. The first-order chi connectivity index (χ1) is 7.98. The number of rotatable bonds is 2. The first-order valence-corrected chi connectivity index (χ1v) is 7.33. The number of pyridine rings is 1. The van der Waals surface area contributed by atoms with Gasteiger partial charge in [-0.3, -0.25) is 4.98 Å². The summed E-state index contributed by atoms with van der Waals surface area (Å²) in [5, 5.41) is 0.0638. The second-order valence-electron chi connectivity index (χ2n) is 3.30. The lowest BCUT2D eigenvalue weighted by molar-refractivity contribution is 0.609. The fraction of sp³-hybridized carbons (Fsp3) is 0. The lowest BCUT2D eigenvalue weighted by Gasteiger charge is -2.03. The Labute approximate surface area is 108 Å². The van der Waals surface area contributed by atoms with E-state index in [2.05, 4.69) is 4.98 Å². The van der Waals surface area contributed by atoms with Crippen molar-refractivity contribution in [3.63, 3.8) is 0 Å². The van der Waals surface area contributed by atoms with Gasteiger partial charge >= 0.3 is 0 Å². The Balaban J connectivity index is 2.53. The summed E-state index contributed by atoms with van der Waals surface area (Å²) >= 11 is 5.86. The summed E-state index contributed by atoms with van der Waals surface area (Å²) in [6.07, 6.45) is 1.16. The van der Waals surface area contributed by atoms with E-state index in [4.69, 9.17) is 22.3 Å². The third-order valence-electron chi connectivity index (χ3n) is 2.15. The van der Waals surface area contributed by atoms with Gasteiger partial charge in [-0.25, -0.2) is 8.42 Å². The smallest absolute Gasteiger partial charge is 0.255 e. The number of hydrogen-bond donors (Lipinski definition) is 0. The predicted octanol–water partition coefficient (Wildman–Crippen LogP) is 3.33. The van der Waals surface area contributed by atoms with Crippen molar-refractivity contribution in [3.8, 4) is 11.3 Å². The summed E-state index contributed by atoms with van der Waals surface area (Å²) in [7, 11) is 1.36. The van der Waals surface area contributed by atoms with Crippen LogP contribution in [0.3, 0.4) is 0 Å². The van der Waals surface area contributed by atoms with E-state index < -0.39 is 9.05 Å². The molecule has 2 aromatic rings. The van der Waals surface area contributed by atoms with Crippen LogP contribution in [0.4, 0.5) is 0 Å². The maximum atomic E-state index is 11.1. The van der Waals surface area contributed by atoms with Gasteiger partial charge in [0.05, 0.1) is 10.7 Å². The quantitative estimate of drug-likeness (QED) is 0.796. The van der Waals surface area contributed by atoms with Gasteiger partial charge in [-0.15, -0.1) is 0 Å². The van der Waals surface area contributed by atoms with Gasteiger partial charge in [0.1, 0.15) is 4.90 Å². The van der Waals surface area contributed by atoms with Crippen LogP contribution in [-0.2, 0) is 9.05 Å². The van der Waals surface area contributed by atoms with Crippen molar-refractivity contribution in [1.29, 1.82) is 0 Å². The van der Waals surface area contributed by atoms with Crippen molar-refractivity contribution in [2.75, 3.05) is 0 Å². The normalized spacial score (nSPS) is 11.4. The van der Waals surface area contributed by atoms with Gasteiger partial charge in [-0.1, -0.05) is 41.9 Å². The van der Waals surface area contributed by atoms with E-state index in [9.17, 15) is 8.42 Å². The second kappa shape index (κ2) is 4.64. The molecule has 0 atom stereocenters. The van der Waals surface area contributed by atoms with Crippen LogP contribution >= 0.6 is 22.3 Å². The van der Waals surface area contributed by atoms with Gasteiger partial charge in [0.2, 0.25) is 0 Å². The average molecular weight is 288 g/mol. The Morgan fingerprint density at radius 2 is 1.76 bits per heavy atom. The number of aromatic nitrogens is 1. The van der Waals surface area contributed by atoms with Crippen molar-refractivity contribution < 1.29 is 8.42 Å². The first-order valence-electron chi connectivity index (χ1n) is 4.64. The highest BCUT2D eigenvalue weighted by atomic mass is 35.7. The van der Waals surface area contributed by atoms with Gasteiger partial charge in [0.25, 0.3) is 9.05 Å². The van der Waals surface area contributed by atoms with Gasteiger partial charge < -0.3 is 0 Å². The molecule has 0 unspecified atom stereocenters. The lowest BCUT2D eigenvalue weighted by Crippen LogP contribution is -1.94.